The average molecular weight is 412 g/mol. The molecule has 0 saturated carbocycles. The predicted molar refractivity (Wildman–Crippen MR) is 114 cm³/mol. The number of anilines is 1. The van der Waals surface area contributed by atoms with Crippen LogP contribution in [0.5, 0.6) is 5.75 Å². The Balaban J connectivity index is 1.47. The summed E-state index contributed by atoms with van der Waals surface area (Å²) in [6.07, 6.45) is 1.77. The van der Waals surface area contributed by atoms with Crippen LogP contribution in [-0.4, -0.2) is 36.1 Å². The number of likely N-dealkylation sites (N-methyl/N-ethyl adjacent to an activating group) is 1. The first kappa shape index (κ1) is 20.7. The van der Waals surface area contributed by atoms with Gasteiger partial charge in [0.2, 0.25) is 0 Å². The molecule has 1 N–H and O–H groups in total. The quantitative estimate of drug-likeness (QED) is 0.527. The van der Waals surface area contributed by atoms with Crippen molar-refractivity contribution in [3.63, 3.8) is 0 Å². The van der Waals surface area contributed by atoms with Crippen molar-refractivity contribution in [1.82, 2.24) is 9.88 Å². The summed E-state index contributed by atoms with van der Waals surface area (Å²) in [5, 5.41) is 3.83. The summed E-state index contributed by atoms with van der Waals surface area (Å²) in [5.41, 5.74) is 1.81. The van der Waals surface area contributed by atoms with E-state index in [0.717, 1.165) is 22.0 Å². The second-order valence-electron chi connectivity index (χ2n) is 6.29. The Labute approximate surface area is 173 Å². The van der Waals surface area contributed by atoms with E-state index in [9.17, 15) is 9.18 Å². The van der Waals surface area contributed by atoms with E-state index in [4.69, 9.17) is 4.74 Å². The molecular weight excluding hydrogens is 389 g/mol. The summed E-state index contributed by atoms with van der Waals surface area (Å²) in [4.78, 5) is 18.2. The van der Waals surface area contributed by atoms with E-state index in [0.29, 0.717) is 6.54 Å². The van der Waals surface area contributed by atoms with Crippen LogP contribution in [0.25, 0.3) is 0 Å². The number of amides is 2. The molecule has 0 fully saturated rings. The second kappa shape index (κ2) is 10.5. The third-order valence-electron chi connectivity index (χ3n) is 4.07. The van der Waals surface area contributed by atoms with Gasteiger partial charge in [-0.3, -0.25) is 0 Å². The maximum absolute atomic E-state index is 13.5. The van der Waals surface area contributed by atoms with Gasteiger partial charge in [0.1, 0.15) is 6.61 Å². The standard InChI is InChI=1S/C22H22FN3O2S/c1-26(13-14-28-20-10-3-2-9-19(20)23)22(27)25-18-8-6-7-17(15-18)16-29-21-11-4-5-12-24-21/h2-12,15H,13-14,16H2,1H3,(H,25,27). The minimum Gasteiger partial charge on any atom is -0.489 e. The van der Waals surface area contributed by atoms with Crippen molar-refractivity contribution in [2.24, 2.45) is 0 Å². The van der Waals surface area contributed by atoms with Gasteiger partial charge in [0.25, 0.3) is 0 Å². The number of aromatic nitrogens is 1. The molecule has 1 aromatic heterocycles. The lowest BCUT2D eigenvalue weighted by Crippen LogP contribution is -2.34. The number of pyridine rings is 1. The number of thioether (sulfide) groups is 1. The number of nitrogens with zero attached hydrogens (tertiary/aromatic N) is 2. The Hall–Kier alpha value is -3.06. The number of para-hydroxylation sites is 1. The van der Waals surface area contributed by atoms with Gasteiger partial charge in [0.05, 0.1) is 11.6 Å². The molecule has 0 bridgehead atoms. The summed E-state index contributed by atoms with van der Waals surface area (Å²) in [5.74, 6) is 0.520. The maximum atomic E-state index is 13.5. The molecule has 2 aromatic carbocycles. The monoisotopic (exact) mass is 411 g/mol. The molecule has 0 aliphatic rings. The summed E-state index contributed by atoms with van der Waals surface area (Å²) in [7, 11) is 1.67. The molecular formula is C22H22FN3O2S. The second-order valence-corrected chi connectivity index (χ2v) is 7.28. The van der Waals surface area contributed by atoms with Crippen molar-refractivity contribution in [1.29, 1.82) is 0 Å². The first-order chi connectivity index (χ1) is 14.1. The molecule has 3 rings (SSSR count). The highest BCUT2D eigenvalue weighted by molar-refractivity contribution is 7.98. The van der Waals surface area contributed by atoms with E-state index in [1.54, 1.807) is 43.2 Å². The van der Waals surface area contributed by atoms with Crippen molar-refractivity contribution in [3.8, 4) is 5.75 Å². The third kappa shape index (κ3) is 6.50. The molecule has 150 valence electrons. The number of ether oxygens (including phenoxy) is 1. The summed E-state index contributed by atoms with van der Waals surface area (Å²) in [6, 6.07) is 19.5. The maximum Gasteiger partial charge on any atom is 0.321 e. The van der Waals surface area contributed by atoms with Crippen molar-refractivity contribution >= 4 is 23.5 Å². The summed E-state index contributed by atoms with van der Waals surface area (Å²) >= 11 is 1.64. The van der Waals surface area contributed by atoms with E-state index >= 15 is 0 Å². The number of benzene rings is 2. The zero-order chi connectivity index (χ0) is 20.5. The van der Waals surface area contributed by atoms with Crippen LogP contribution in [0.15, 0.2) is 78.0 Å². The average Bonchev–Trinajstić information content (AvgIpc) is 2.74. The summed E-state index contributed by atoms with van der Waals surface area (Å²) in [6.45, 7) is 0.529. The van der Waals surface area contributed by atoms with Crippen molar-refractivity contribution in [2.45, 2.75) is 10.8 Å². The molecule has 0 atom stereocenters. The van der Waals surface area contributed by atoms with E-state index < -0.39 is 5.82 Å². The van der Waals surface area contributed by atoms with Gasteiger partial charge < -0.3 is 15.0 Å². The molecule has 5 nitrogen and oxygen atoms in total. The molecule has 0 unspecified atom stereocenters. The van der Waals surface area contributed by atoms with Crippen LogP contribution in [0.4, 0.5) is 14.9 Å². The van der Waals surface area contributed by atoms with Crippen LogP contribution in [0.1, 0.15) is 5.56 Å². The third-order valence-corrected chi connectivity index (χ3v) is 5.09. The summed E-state index contributed by atoms with van der Waals surface area (Å²) < 4.78 is 18.9. The van der Waals surface area contributed by atoms with Crippen LogP contribution in [0, 0.1) is 5.82 Å². The van der Waals surface area contributed by atoms with E-state index in [2.05, 4.69) is 10.3 Å². The number of rotatable bonds is 8. The molecule has 1 heterocycles. The first-order valence-electron chi connectivity index (χ1n) is 9.14. The molecule has 0 radical (unpaired) electrons. The number of carbonyl (C=O) groups is 1. The molecule has 0 aliphatic carbocycles. The van der Waals surface area contributed by atoms with Gasteiger partial charge in [-0.1, -0.05) is 30.3 Å². The fourth-order valence-corrected chi connectivity index (χ4v) is 3.31. The molecule has 2 amide bonds. The van der Waals surface area contributed by atoms with Gasteiger partial charge in [-0.25, -0.2) is 14.2 Å². The molecule has 3 aromatic rings. The highest BCUT2D eigenvalue weighted by Crippen LogP contribution is 2.22. The molecule has 29 heavy (non-hydrogen) atoms. The van der Waals surface area contributed by atoms with Crippen LogP contribution in [0.2, 0.25) is 0 Å². The fraction of sp³-hybridized carbons (Fsp3) is 0.182. The smallest absolute Gasteiger partial charge is 0.321 e. The topological polar surface area (TPSA) is 54.5 Å². The Morgan fingerprint density at radius 2 is 1.97 bits per heavy atom. The van der Waals surface area contributed by atoms with Gasteiger partial charge in [-0.2, -0.15) is 0 Å². The number of nitrogens with one attached hydrogen (secondary N) is 1. The van der Waals surface area contributed by atoms with Gasteiger partial charge in [-0.15, -0.1) is 11.8 Å². The lowest BCUT2D eigenvalue weighted by molar-refractivity contribution is 0.206. The molecule has 0 aliphatic heterocycles. The van der Waals surface area contributed by atoms with Crippen molar-refractivity contribution < 1.29 is 13.9 Å². The first-order valence-corrected chi connectivity index (χ1v) is 10.1. The SMILES string of the molecule is CN(CCOc1ccccc1F)C(=O)Nc1cccc(CSc2ccccn2)c1. The highest BCUT2D eigenvalue weighted by Gasteiger charge is 2.10. The van der Waals surface area contributed by atoms with Crippen LogP contribution < -0.4 is 10.1 Å². The number of halogens is 1. The largest absolute Gasteiger partial charge is 0.489 e. The van der Waals surface area contributed by atoms with E-state index in [-0.39, 0.29) is 18.4 Å². The minimum absolute atomic E-state index is 0.180. The normalized spacial score (nSPS) is 10.4. The van der Waals surface area contributed by atoms with Gasteiger partial charge in [0, 0.05) is 24.7 Å². The van der Waals surface area contributed by atoms with Gasteiger partial charge in [-0.05, 0) is 42.0 Å². The number of carbonyl (C=O) groups excluding carboxylic acids is 1. The zero-order valence-electron chi connectivity index (χ0n) is 16.0. The minimum atomic E-state index is -0.417. The molecule has 0 saturated heterocycles. The lowest BCUT2D eigenvalue weighted by atomic mass is 10.2. The Morgan fingerprint density at radius 3 is 2.76 bits per heavy atom. The van der Waals surface area contributed by atoms with Crippen LogP contribution in [0.3, 0.4) is 0 Å². The Bertz CT molecular complexity index is 940. The van der Waals surface area contributed by atoms with Gasteiger partial charge in [0.15, 0.2) is 11.6 Å². The Kier molecular flexibility index (Phi) is 7.47. The van der Waals surface area contributed by atoms with Crippen LogP contribution in [-0.2, 0) is 5.75 Å². The Morgan fingerprint density at radius 1 is 1.14 bits per heavy atom. The predicted octanol–water partition coefficient (Wildman–Crippen LogP) is 5.06. The van der Waals surface area contributed by atoms with E-state index in [1.807, 2.05) is 42.5 Å². The fourth-order valence-electron chi connectivity index (χ4n) is 2.50. The lowest BCUT2D eigenvalue weighted by Gasteiger charge is -2.18. The van der Waals surface area contributed by atoms with E-state index in [1.165, 1.54) is 11.0 Å². The van der Waals surface area contributed by atoms with Gasteiger partial charge >= 0.3 is 6.03 Å². The zero-order valence-corrected chi connectivity index (χ0v) is 16.9. The number of hydrogen-bond acceptors (Lipinski definition) is 4. The molecule has 7 heteroatoms. The number of urea groups is 1. The molecule has 0 spiro atoms. The van der Waals surface area contributed by atoms with Crippen LogP contribution >= 0.6 is 11.8 Å². The highest BCUT2D eigenvalue weighted by atomic mass is 32.2. The van der Waals surface area contributed by atoms with Crippen molar-refractivity contribution in [3.05, 3.63) is 84.3 Å². The number of hydrogen-bond donors (Lipinski definition) is 1. The van der Waals surface area contributed by atoms with Crippen molar-refractivity contribution in [2.75, 3.05) is 25.5 Å².